The minimum atomic E-state index is 0.170. The summed E-state index contributed by atoms with van der Waals surface area (Å²) in [5.41, 5.74) is 4.08. The van der Waals surface area contributed by atoms with Gasteiger partial charge >= 0.3 is 0 Å². The van der Waals surface area contributed by atoms with Crippen LogP contribution in [0.15, 0.2) is 48.5 Å². The van der Waals surface area contributed by atoms with Crippen LogP contribution in [0.5, 0.6) is 5.75 Å². The van der Waals surface area contributed by atoms with Crippen molar-refractivity contribution >= 4 is 0 Å². The minimum Gasteiger partial charge on any atom is -0.485 e. The number of rotatable bonds is 1. The second-order valence-electron chi connectivity index (χ2n) is 6.29. The van der Waals surface area contributed by atoms with Gasteiger partial charge in [-0.3, -0.25) is 0 Å². The number of hydrogen-bond acceptors (Lipinski definition) is 1. The summed E-state index contributed by atoms with van der Waals surface area (Å²) >= 11 is 0. The Labute approximate surface area is 115 Å². The maximum atomic E-state index is 6.13. The van der Waals surface area contributed by atoms with Gasteiger partial charge in [0.2, 0.25) is 0 Å². The van der Waals surface area contributed by atoms with Crippen LogP contribution in [0, 0.1) is 0 Å². The smallest absolute Gasteiger partial charge is 0.128 e. The van der Waals surface area contributed by atoms with E-state index < -0.39 is 0 Å². The monoisotopic (exact) mass is 252 g/mol. The zero-order valence-corrected chi connectivity index (χ0v) is 11.8. The molecular weight excluding hydrogens is 232 g/mol. The molecule has 98 valence electrons. The van der Waals surface area contributed by atoms with Crippen LogP contribution in [0.2, 0.25) is 0 Å². The molecular formula is C18H20O. The van der Waals surface area contributed by atoms with Crippen molar-refractivity contribution < 1.29 is 4.74 Å². The van der Waals surface area contributed by atoms with Gasteiger partial charge in [0.05, 0.1) is 0 Å². The van der Waals surface area contributed by atoms with E-state index in [0.717, 1.165) is 12.2 Å². The average Bonchev–Trinajstić information content (AvgIpc) is 2.81. The van der Waals surface area contributed by atoms with Crippen LogP contribution in [0.25, 0.3) is 0 Å². The normalized spacial score (nSPS) is 17.9. The van der Waals surface area contributed by atoms with Crippen LogP contribution in [0.3, 0.4) is 0 Å². The van der Waals surface area contributed by atoms with E-state index in [4.69, 9.17) is 4.74 Å². The topological polar surface area (TPSA) is 9.23 Å². The molecule has 1 atom stereocenters. The lowest BCUT2D eigenvalue weighted by atomic mass is 9.86. The predicted molar refractivity (Wildman–Crippen MR) is 78.7 cm³/mol. The Morgan fingerprint density at radius 3 is 2.42 bits per heavy atom. The molecule has 1 unspecified atom stereocenters. The third-order valence-corrected chi connectivity index (χ3v) is 3.78. The first-order chi connectivity index (χ1) is 9.04. The van der Waals surface area contributed by atoms with Crippen LogP contribution in [-0.2, 0) is 11.8 Å². The zero-order valence-electron chi connectivity index (χ0n) is 11.8. The van der Waals surface area contributed by atoms with Crippen LogP contribution in [-0.4, -0.2) is 0 Å². The molecule has 0 amide bonds. The average molecular weight is 252 g/mol. The van der Waals surface area contributed by atoms with Crippen molar-refractivity contribution in [2.24, 2.45) is 0 Å². The van der Waals surface area contributed by atoms with E-state index in [0.29, 0.717) is 0 Å². The lowest BCUT2D eigenvalue weighted by Gasteiger charge is -2.19. The molecule has 0 aliphatic carbocycles. The van der Waals surface area contributed by atoms with Crippen LogP contribution >= 0.6 is 0 Å². The summed E-state index contributed by atoms with van der Waals surface area (Å²) in [5.74, 6) is 1.06. The van der Waals surface area contributed by atoms with E-state index in [1.807, 2.05) is 6.07 Å². The quantitative estimate of drug-likeness (QED) is 0.717. The SMILES string of the molecule is CC(C)(C)c1ccc2c(c1)OC(c1ccccc1)C2. The van der Waals surface area contributed by atoms with E-state index in [9.17, 15) is 0 Å². The molecule has 0 aromatic heterocycles. The van der Waals surface area contributed by atoms with Gasteiger partial charge in [0.1, 0.15) is 11.9 Å². The molecule has 0 saturated heterocycles. The van der Waals surface area contributed by atoms with E-state index in [1.54, 1.807) is 0 Å². The Kier molecular flexibility index (Phi) is 2.85. The van der Waals surface area contributed by atoms with Gasteiger partial charge in [-0.05, 0) is 28.2 Å². The van der Waals surface area contributed by atoms with Crippen molar-refractivity contribution in [3.05, 3.63) is 65.2 Å². The number of benzene rings is 2. The van der Waals surface area contributed by atoms with Gasteiger partial charge in [-0.2, -0.15) is 0 Å². The molecule has 0 saturated carbocycles. The number of hydrogen-bond donors (Lipinski definition) is 0. The molecule has 3 rings (SSSR count). The molecule has 1 heterocycles. The predicted octanol–water partition coefficient (Wildman–Crippen LogP) is 4.66. The van der Waals surface area contributed by atoms with Crippen molar-refractivity contribution in [2.75, 3.05) is 0 Å². The second-order valence-corrected chi connectivity index (χ2v) is 6.29. The van der Waals surface area contributed by atoms with Crippen molar-refractivity contribution in [1.29, 1.82) is 0 Å². The second kappa shape index (κ2) is 4.41. The molecule has 1 aliphatic rings. The Morgan fingerprint density at radius 2 is 1.74 bits per heavy atom. The van der Waals surface area contributed by atoms with Gasteiger partial charge < -0.3 is 4.74 Å². The van der Waals surface area contributed by atoms with Crippen LogP contribution in [0.4, 0.5) is 0 Å². The zero-order chi connectivity index (χ0) is 13.5. The van der Waals surface area contributed by atoms with Crippen LogP contribution < -0.4 is 4.74 Å². The molecule has 0 N–H and O–H groups in total. The first-order valence-corrected chi connectivity index (χ1v) is 6.89. The first kappa shape index (κ1) is 12.3. The summed E-state index contributed by atoms with van der Waals surface area (Å²) in [6.45, 7) is 6.70. The first-order valence-electron chi connectivity index (χ1n) is 6.89. The standard InChI is InChI=1S/C18H20O/c1-18(2,3)15-10-9-14-11-16(19-17(14)12-15)13-7-5-4-6-8-13/h4-10,12,16H,11H2,1-3H3. The third-order valence-electron chi connectivity index (χ3n) is 3.78. The Bertz CT molecular complexity index is 578. The Morgan fingerprint density at radius 1 is 1.00 bits per heavy atom. The molecule has 2 aromatic carbocycles. The molecule has 1 aliphatic heterocycles. The van der Waals surface area contributed by atoms with Crippen molar-refractivity contribution in [3.63, 3.8) is 0 Å². The van der Waals surface area contributed by atoms with E-state index >= 15 is 0 Å². The van der Waals surface area contributed by atoms with Gasteiger partial charge in [-0.15, -0.1) is 0 Å². The van der Waals surface area contributed by atoms with E-state index in [1.165, 1.54) is 16.7 Å². The maximum Gasteiger partial charge on any atom is 0.128 e. The van der Waals surface area contributed by atoms with Gasteiger partial charge in [-0.1, -0.05) is 63.2 Å². The summed E-state index contributed by atoms with van der Waals surface area (Å²) < 4.78 is 6.13. The molecule has 1 nitrogen and oxygen atoms in total. The van der Waals surface area contributed by atoms with Crippen LogP contribution in [0.1, 0.15) is 43.6 Å². The maximum absolute atomic E-state index is 6.13. The number of fused-ring (bicyclic) bond motifs is 1. The summed E-state index contributed by atoms with van der Waals surface area (Å²) in [6, 6.07) is 17.1. The number of ether oxygens (including phenoxy) is 1. The van der Waals surface area contributed by atoms with E-state index in [-0.39, 0.29) is 11.5 Å². The highest BCUT2D eigenvalue weighted by atomic mass is 16.5. The summed E-state index contributed by atoms with van der Waals surface area (Å²) in [5, 5.41) is 0. The highest BCUT2D eigenvalue weighted by Gasteiger charge is 2.26. The fourth-order valence-corrected chi connectivity index (χ4v) is 2.55. The van der Waals surface area contributed by atoms with Crippen molar-refractivity contribution in [2.45, 2.75) is 38.7 Å². The highest BCUT2D eigenvalue weighted by molar-refractivity contribution is 5.44. The fraction of sp³-hybridized carbons (Fsp3) is 0.333. The van der Waals surface area contributed by atoms with Gasteiger partial charge in [-0.25, -0.2) is 0 Å². The fourth-order valence-electron chi connectivity index (χ4n) is 2.55. The molecule has 0 fully saturated rings. The summed E-state index contributed by atoms with van der Waals surface area (Å²) in [4.78, 5) is 0. The lowest BCUT2D eigenvalue weighted by molar-refractivity contribution is 0.238. The Balaban J connectivity index is 1.89. The largest absolute Gasteiger partial charge is 0.485 e. The molecule has 2 aromatic rings. The molecule has 0 bridgehead atoms. The van der Waals surface area contributed by atoms with E-state index in [2.05, 4.69) is 63.2 Å². The van der Waals surface area contributed by atoms with Crippen molar-refractivity contribution in [1.82, 2.24) is 0 Å². The molecule has 1 heteroatoms. The van der Waals surface area contributed by atoms with Gasteiger partial charge in [0.15, 0.2) is 0 Å². The lowest BCUT2D eigenvalue weighted by Crippen LogP contribution is -2.10. The minimum absolute atomic E-state index is 0.170. The molecule has 19 heavy (non-hydrogen) atoms. The third kappa shape index (κ3) is 2.37. The van der Waals surface area contributed by atoms with Gasteiger partial charge in [0, 0.05) is 6.42 Å². The Hall–Kier alpha value is -1.76. The van der Waals surface area contributed by atoms with Crippen molar-refractivity contribution in [3.8, 4) is 5.75 Å². The van der Waals surface area contributed by atoms with Gasteiger partial charge in [0.25, 0.3) is 0 Å². The molecule has 0 radical (unpaired) electrons. The highest BCUT2D eigenvalue weighted by Crippen LogP contribution is 2.39. The summed E-state index contributed by atoms with van der Waals surface area (Å²) in [6.07, 6.45) is 1.15. The molecule has 0 spiro atoms. The summed E-state index contributed by atoms with van der Waals surface area (Å²) in [7, 11) is 0.